The Morgan fingerprint density at radius 3 is 3.14 bits per heavy atom. The molecular formula is C9H8N10OS2. The number of hydrogen-bond donors (Lipinski definition) is 2. The van der Waals surface area contributed by atoms with E-state index < -0.39 is 11.2 Å². The lowest BCUT2D eigenvalue weighted by molar-refractivity contribution is 0.600. The third kappa shape index (κ3) is 2.24. The van der Waals surface area contributed by atoms with Gasteiger partial charge in [0.2, 0.25) is 11.5 Å². The van der Waals surface area contributed by atoms with Crippen molar-refractivity contribution in [2.24, 2.45) is 10.3 Å². The molecule has 4 rings (SSSR count). The molecule has 22 heavy (non-hydrogen) atoms. The maximum Gasteiger partial charge on any atom is 0.305 e. The third-order valence-corrected chi connectivity index (χ3v) is 5.07. The minimum absolute atomic E-state index is 0.342. The van der Waals surface area contributed by atoms with Crippen molar-refractivity contribution in [3.05, 3.63) is 12.2 Å². The average molecular weight is 336 g/mol. The average Bonchev–Trinajstić information content (AvgIpc) is 3.11. The van der Waals surface area contributed by atoms with E-state index >= 15 is 0 Å². The van der Waals surface area contributed by atoms with Gasteiger partial charge in [-0.2, -0.15) is 4.98 Å². The molecule has 3 aromatic rings. The maximum atomic E-state index is 11.5. The summed E-state index contributed by atoms with van der Waals surface area (Å²) < 4.78 is 13.7. The molecule has 0 aromatic carbocycles. The van der Waals surface area contributed by atoms with Crippen LogP contribution < -0.4 is 11.0 Å². The number of thiazole rings is 1. The highest BCUT2D eigenvalue weighted by Gasteiger charge is 2.17. The first-order chi connectivity index (χ1) is 10.7. The number of hydrazine groups is 1. The Morgan fingerprint density at radius 1 is 1.36 bits per heavy atom. The Hall–Kier alpha value is -2.38. The maximum absolute atomic E-state index is 11.5. The summed E-state index contributed by atoms with van der Waals surface area (Å²) in [5.74, 6) is 1.63. The van der Waals surface area contributed by atoms with Gasteiger partial charge in [-0.15, -0.1) is 15.3 Å². The first-order valence-corrected chi connectivity index (χ1v) is 8.38. The van der Waals surface area contributed by atoms with Gasteiger partial charge in [0, 0.05) is 11.2 Å². The molecule has 13 heteroatoms. The van der Waals surface area contributed by atoms with E-state index in [1.54, 1.807) is 17.2 Å². The van der Waals surface area contributed by atoms with Crippen LogP contribution in [0.1, 0.15) is 5.82 Å². The molecule has 0 spiro atoms. The van der Waals surface area contributed by atoms with Crippen molar-refractivity contribution in [2.75, 3.05) is 11.7 Å². The monoisotopic (exact) mass is 336 g/mol. The van der Waals surface area contributed by atoms with Crippen molar-refractivity contribution in [3.8, 4) is 0 Å². The molecule has 0 aliphatic carbocycles. The molecule has 4 heterocycles. The summed E-state index contributed by atoms with van der Waals surface area (Å²) in [7, 11) is 0. The van der Waals surface area contributed by atoms with Crippen molar-refractivity contribution >= 4 is 44.6 Å². The van der Waals surface area contributed by atoms with E-state index in [4.69, 9.17) is 0 Å². The molecule has 0 saturated carbocycles. The number of rotatable bonds is 3. The summed E-state index contributed by atoms with van der Waals surface area (Å²) in [6, 6.07) is 0. The fourth-order valence-electron chi connectivity index (χ4n) is 1.85. The zero-order valence-corrected chi connectivity index (χ0v) is 12.7. The Labute approximate surface area is 130 Å². The van der Waals surface area contributed by atoms with Crippen LogP contribution in [-0.2, 0) is 17.7 Å². The van der Waals surface area contributed by atoms with E-state index in [0.717, 1.165) is 0 Å². The van der Waals surface area contributed by atoms with E-state index in [2.05, 4.69) is 46.4 Å². The zero-order chi connectivity index (χ0) is 15.1. The van der Waals surface area contributed by atoms with E-state index in [1.165, 1.54) is 11.3 Å². The second-order valence-corrected chi connectivity index (χ2v) is 6.80. The molecule has 1 aliphatic heterocycles. The normalized spacial score (nSPS) is 14.5. The van der Waals surface area contributed by atoms with Gasteiger partial charge in [0.25, 0.3) is 0 Å². The van der Waals surface area contributed by atoms with Crippen LogP contribution in [0.3, 0.4) is 0 Å². The molecule has 1 aliphatic rings. The van der Waals surface area contributed by atoms with Gasteiger partial charge in [0.15, 0.2) is 16.5 Å². The Morgan fingerprint density at radius 2 is 2.27 bits per heavy atom. The van der Waals surface area contributed by atoms with Gasteiger partial charge in [-0.05, 0) is 11.3 Å². The van der Waals surface area contributed by atoms with E-state index in [9.17, 15) is 4.55 Å². The summed E-state index contributed by atoms with van der Waals surface area (Å²) in [4.78, 5) is 13.3. The first kappa shape index (κ1) is 13.3. The highest BCUT2D eigenvalue weighted by atomic mass is 32.2. The lowest BCUT2D eigenvalue weighted by Gasteiger charge is -2.08. The molecule has 2 N–H and O–H groups in total. The standard InChI is InChI=1S/C9H8N10OS2/c1-22(20)9-12-6-8(21-9)11-4(13-14-6)2-19-3-10-5-7(19)16-18-17-15-5/h3H,2H2,1H3,(H,15,18)(H,16,17). The topological polar surface area (TPSA) is 141 Å². The number of hydrogen-bond acceptors (Lipinski definition) is 11. The van der Waals surface area contributed by atoms with Gasteiger partial charge in [-0.1, -0.05) is 5.22 Å². The van der Waals surface area contributed by atoms with Crippen LogP contribution in [0.2, 0.25) is 0 Å². The van der Waals surface area contributed by atoms with E-state index in [1.807, 2.05) is 0 Å². The molecule has 0 saturated heterocycles. The number of aromatic nitrogens is 6. The fourth-order valence-corrected chi connectivity index (χ4v) is 3.39. The molecule has 0 amide bonds. The molecule has 11 nitrogen and oxygen atoms in total. The summed E-state index contributed by atoms with van der Waals surface area (Å²) in [5.41, 5.74) is 5.68. The van der Waals surface area contributed by atoms with Gasteiger partial charge in [-0.25, -0.2) is 15.5 Å². The van der Waals surface area contributed by atoms with Crippen LogP contribution in [0.5, 0.6) is 0 Å². The van der Waals surface area contributed by atoms with Crippen LogP contribution in [-0.4, -0.2) is 40.5 Å². The number of nitrogens with one attached hydrogen (secondary N) is 2. The van der Waals surface area contributed by atoms with E-state index in [0.29, 0.717) is 38.8 Å². The lowest BCUT2D eigenvalue weighted by atomic mass is 10.5. The predicted octanol–water partition coefficient (Wildman–Crippen LogP) is 0.392. The molecule has 0 fully saturated rings. The van der Waals surface area contributed by atoms with Crippen LogP contribution in [0.25, 0.3) is 10.5 Å². The molecule has 3 aromatic heterocycles. The SMILES string of the molecule is C[S+]([O-])c1nc2nnc(Cn3cnc4c3N=NNN4)nc2s1. The second kappa shape index (κ2) is 5.11. The number of fused-ring (bicyclic) bond motifs is 2. The summed E-state index contributed by atoms with van der Waals surface area (Å²) in [6.07, 6.45) is 3.17. The predicted molar refractivity (Wildman–Crippen MR) is 77.9 cm³/mol. The number of imidazole rings is 1. The van der Waals surface area contributed by atoms with Crippen LogP contribution in [0.4, 0.5) is 11.6 Å². The van der Waals surface area contributed by atoms with Gasteiger partial charge in [0.05, 0.1) is 12.9 Å². The van der Waals surface area contributed by atoms with Crippen molar-refractivity contribution in [2.45, 2.75) is 10.9 Å². The highest BCUT2D eigenvalue weighted by Crippen LogP contribution is 2.26. The summed E-state index contributed by atoms with van der Waals surface area (Å²) in [6.45, 7) is 0.342. The molecule has 1 atom stereocenters. The third-order valence-electron chi connectivity index (χ3n) is 2.80. The lowest BCUT2D eigenvalue weighted by Crippen LogP contribution is -2.17. The molecule has 0 bridgehead atoms. The molecule has 1 unspecified atom stereocenters. The molecular weight excluding hydrogens is 328 g/mol. The first-order valence-electron chi connectivity index (χ1n) is 6.01. The smallest absolute Gasteiger partial charge is 0.305 e. The van der Waals surface area contributed by atoms with Crippen LogP contribution in [0, 0.1) is 0 Å². The molecule has 0 radical (unpaired) electrons. The zero-order valence-electron chi connectivity index (χ0n) is 11.1. The summed E-state index contributed by atoms with van der Waals surface area (Å²) >= 11 is 0.0871. The van der Waals surface area contributed by atoms with Crippen molar-refractivity contribution in [1.82, 2.24) is 35.3 Å². The van der Waals surface area contributed by atoms with Gasteiger partial charge in [0.1, 0.15) is 6.26 Å². The Kier molecular flexibility index (Phi) is 3.09. The van der Waals surface area contributed by atoms with Gasteiger partial charge >= 0.3 is 4.34 Å². The minimum atomic E-state index is -1.16. The number of anilines is 1. The van der Waals surface area contributed by atoms with Gasteiger partial charge < -0.3 is 9.12 Å². The van der Waals surface area contributed by atoms with Crippen LogP contribution >= 0.6 is 11.3 Å². The minimum Gasteiger partial charge on any atom is -0.610 e. The quantitative estimate of drug-likeness (QED) is 0.654. The van der Waals surface area contributed by atoms with Crippen molar-refractivity contribution < 1.29 is 4.55 Å². The fraction of sp³-hybridized carbons (Fsp3) is 0.222. The highest BCUT2D eigenvalue weighted by molar-refractivity contribution is 7.92. The largest absolute Gasteiger partial charge is 0.610 e. The number of nitrogens with zero attached hydrogens (tertiary/aromatic N) is 8. The van der Waals surface area contributed by atoms with Crippen molar-refractivity contribution in [1.29, 1.82) is 0 Å². The van der Waals surface area contributed by atoms with Gasteiger partial charge in [-0.3, -0.25) is 5.43 Å². The van der Waals surface area contributed by atoms with Crippen molar-refractivity contribution in [3.63, 3.8) is 0 Å². The Balaban J connectivity index is 1.67. The Bertz CT molecular complexity index is 871. The summed E-state index contributed by atoms with van der Waals surface area (Å²) in [5, 5.41) is 15.7. The second-order valence-electron chi connectivity index (χ2n) is 4.27. The van der Waals surface area contributed by atoms with E-state index in [-0.39, 0.29) is 0 Å². The van der Waals surface area contributed by atoms with Crippen LogP contribution in [0.15, 0.2) is 21.0 Å². The molecule has 112 valence electrons.